The maximum Gasteiger partial charge on any atom is 0.158 e. The molecule has 0 saturated heterocycles. The van der Waals surface area contributed by atoms with Gasteiger partial charge in [0.15, 0.2) is 5.78 Å². The number of hydrogen-bond donors (Lipinski definition) is 1. The van der Waals surface area contributed by atoms with Gasteiger partial charge in [-0.05, 0) is 37.0 Å². The number of halogens is 1. The first-order chi connectivity index (χ1) is 8.19. The van der Waals surface area contributed by atoms with Crippen LogP contribution in [0.2, 0.25) is 5.02 Å². The first kappa shape index (κ1) is 12.2. The van der Waals surface area contributed by atoms with Crippen molar-refractivity contribution in [1.29, 1.82) is 0 Å². The van der Waals surface area contributed by atoms with Gasteiger partial charge in [0.1, 0.15) is 0 Å². The molecule has 0 saturated carbocycles. The van der Waals surface area contributed by atoms with Crippen molar-refractivity contribution in [1.82, 2.24) is 5.32 Å². The third kappa shape index (κ3) is 3.10. The maximum atomic E-state index is 11.7. The normalized spacial score (nSPS) is 20.0. The van der Waals surface area contributed by atoms with Gasteiger partial charge in [0.2, 0.25) is 0 Å². The van der Waals surface area contributed by atoms with Crippen LogP contribution in [0, 0.1) is 0 Å². The highest BCUT2D eigenvalue weighted by Crippen LogP contribution is 2.30. The molecule has 1 unspecified atom stereocenters. The van der Waals surface area contributed by atoms with E-state index < -0.39 is 0 Å². The zero-order valence-electron chi connectivity index (χ0n) is 9.87. The Balaban J connectivity index is 2.15. The van der Waals surface area contributed by atoms with Gasteiger partial charge < -0.3 is 5.32 Å². The van der Waals surface area contributed by atoms with Crippen LogP contribution in [0.1, 0.15) is 31.2 Å². The van der Waals surface area contributed by atoms with Crippen LogP contribution in [0.3, 0.4) is 0 Å². The van der Waals surface area contributed by atoms with Gasteiger partial charge in [-0.2, -0.15) is 0 Å². The van der Waals surface area contributed by atoms with Gasteiger partial charge in [-0.25, -0.2) is 0 Å². The number of nitrogens with one attached hydrogen (secondary N) is 1. The summed E-state index contributed by atoms with van der Waals surface area (Å²) < 4.78 is 0. The Bertz CT molecular complexity index is 436. The van der Waals surface area contributed by atoms with Crippen molar-refractivity contribution in [3.8, 4) is 0 Å². The summed E-state index contributed by atoms with van der Waals surface area (Å²) in [6.07, 6.45) is 3.23. The minimum atomic E-state index is 0.201. The third-order valence-electron chi connectivity index (χ3n) is 2.99. The molecule has 3 heteroatoms. The molecule has 2 nitrogen and oxygen atoms in total. The summed E-state index contributed by atoms with van der Waals surface area (Å²) in [7, 11) is 0. The lowest BCUT2D eigenvalue weighted by Crippen LogP contribution is -2.21. The molecule has 2 rings (SSSR count). The van der Waals surface area contributed by atoms with Crippen LogP contribution in [-0.4, -0.2) is 12.3 Å². The Hall–Kier alpha value is -1.28. The van der Waals surface area contributed by atoms with E-state index in [2.05, 4.69) is 5.32 Å². The molecule has 17 heavy (non-hydrogen) atoms. The highest BCUT2D eigenvalue weighted by atomic mass is 35.5. The van der Waals surface area contributed by atoms with Gasteiger partial charge in [-0.15, -0.1) is 0 Å². The Labute approximate surface area is 107 Å². The number of rotatable bonds is 3. The Morgan fingerprint density at radius 3 is 2.65 bits per heavy atom. The monoisotopic (exact) mass is 249 g/mol. The molecule has 0 fully saturated rings. The molecule has 1 aliphatic carbocycles. The number of carbonyl (C=O) groups excluding carboxylic acids is 1. The molecule has 0 aromatic heterocycles. The highest BCUT2D eigenvalue weighted by molar-refractivity contribution is 6.30. The molecule has 0 heterocycles. The molecule has 1 N–H and O–H groups in total. The smallest absolute Gasteiger partial charge is 0.158 e. The second kappa shape index (κ2) is 5.37. The molecule has 0 bridgehead atoms. The fraction of sp³-hybridized carbons (Fsp3) is 0.357. The van der Waals surface area contributed by atoms with Gasteiger partial charge in [-0.3, -0.25) is 4.79 Å². The lowest BCUT2D eigenvalue weighted by Gasteiger charge is -2.23. The third-order valence-corrected chi connectivity index (χ3v) is 3.25. The van der Waals surface area contributed by atoms with E-state index >= 15 is 0 Å². The lowest BCUT2D eigenvalue weighted by atomic mass is 9.85. The van der Waals surface area contributed by atoms with Crippen LogP contribution < -0.4 is 5.32 Å². The zero-order chi connectivity index (χ0) is 12.3. The van der Waals surface area contributed by atoms with Crippen molar-refractivity contribution in [2.75, 3.05) is 6.54 Å². The van der Waals surface area contributed by atoms with E-state index in [0.717, 1.165) is 23.7 Å². The molecule has 0 amide bonds. The van der Waals surface area contributed by atoms with Crippen molar-refractivity contribution in [2.45, 2.75) is 25.7 Å². The lowest BCUT2D eigenvalue weighted by molar-refractivity contribution is -0.115. The second-order valence-electron chi connectivity index (χ2n) is 4.32. The minimum Gasteiger partial charge on any atom is -0.389 e. The van der Waals surface area contributed by atoms with E-state index in [1.54, 1.807) is 6.08 Å². The van der Waals surface area contributed by atoms with Crippen LogP contribution in [0.25, 0.3) is 0 Å². The van der Waals surface area contributed by atoms with Crippen molar-refractivity contribution in [3.63, 3.8) is 0 Å². The molecule has 1 aromatic rings. The largest absolute Gasteiger partial charge is 0.389 e. The van der Waals surface area contributed by atoms with Gasteiger partial charge in [-0.1, -0.05) is 23.7 Å². The summed E-state index contributed by atoms with van der Waals surface area (Å²) in [6, 6.07) is 7.78. The molecule has 1 aliphatic rings. The molecular formula is C14H16ClNO. The van der Waals surface area contributed by atoms with E-state index in [1.807, 2.05) is 31.2 Å². The van der Waals surface area contributed by atoms with Crippen LogP contribution in [0.5, 0.6) is 0 Å². The van der Waals surface area contributed by atoms with E-state index in [9.17, 15) is 4.79 Å². The first-order valence-electron chi connectivity index (χ1n) is 5.91. The summed E-state index contributed by atoms with van der Waals surface area (Å²) >= 11 is 5.87. The number of hydrogen-bond acceptors (Lipinski definition) is 2. The topological polar surface area (TPSA) is 29.1 Å². The van der Waals surface area contributed by atoms with Gasteiger partial charge in [0.05, 0.1) is 0 Å². The average molecular weight is 250 g/mol. The fourth-order valence-corrected chi connectivity index (χ4v) is 2.34. The maximum absolute atomic E-state index is 11.7. The second-order valence-corrected chi connectivity index (χ2v) is 4.76. The van der Waals surface area contributed by atoms with Crippen molar-refractivity contribution in [2.24, 2.45) is 0 Å². The summed E-state index contributed by atoms with van der Waals surface area (Å²) in [5, 5.41) is 3.97. The number of ketones is 1. The van der Waals surface area contributed by atoms with E-state index in [4.69, 9.17) is 11.6 Å². The number of allylic oxidation sites excluding steroid dienone is 2. The number of benzene rings is 1. The van der Waals surface area contributed by atoms with Crippen LogP contribution in [-0.2, 0) is 4.79 Å². The quantitative estimate of drug-likeness (QED) is 0.891. The molecule has 90 valence electrons. The van der Waals surface area contributed by atoms with Gasteiger partial charge in [0, 0.05) is 29.8 Å². The molecular weight excluding hydrogens is 234 g/mol. The molecule has 1 aromatic carbocycles. The molecule has 1 atom stereocenters. The average Bonchev–Trinajstić information content (AvgIpc) is 2.29. The van der Waals surface area contributed by atoms with Crippen LogP contribution in [0.4, 0.5) is 0 Å². The summed E-state index contributed by atoms with van der Waals surface area (Å²) in [4.78, 5) is 11.7. The SMILES string of the molecule is CCNC1=CC(=O)CC(c2ccc(Cl)cc2)C1. The van der Waals surface area contributed by atoms with Crippen molar-refractivity contribution in [3.05, 3.63) is 46.6 Å². The predicted molar refractivity (Wildman–Crippen MR) is 70.2 cm³/mol. The van der Waals surface area contributed by atoms with Crippen LogP contribution in [0.15, 0.2) is 36.0 Å². The summed E-state index contributed by atoms with van der Waals surface area (Å²) in [5.41, 5.74) is 2.23. The molecule has 0 aliphatic heterocycles. The Morgan fingerprint density at radius 1 is 1.29 bits per heavy atom. The van der Waals surface area contributed by atoms with E-state index in [-0.39, 0.29) is 11.7 Å². The number of carbonyl (C=O) groups is 1. The summed E-state index contributed by atoms with van der Waals surface area (Å²) in [5.74, 6) is 0.478. The summed E-state index contributed by atoms with van der Waals surface area (Å²) in [6.45, 7) is 2.89. The van der Waals surface area contributed by atoms with Gasteiger partial charge in [0.25, 0.3) is 0 Å². The first-order valence-corrected chi connectivity index (χ1v) is 6.29. The highest BCUT2D eigenvalue weighted by Gasteiger charge is 2.21. The standard InChI is InChI=1S/C14H16ClNO/c1-2-16-13-7-11(8-14(17)9-13)10-3-5-12(15)6-4-10/h3-6,9,11,16H,2,7-8H2,1H3. The zero-order valence-corrected chi connectivity index (χ0v) is 10.6. The molecule has 0 spiro atoms. The minimum absolute atomic E-state index is 0.201. The van der Waals surface area contributed by atoms with Crippen molar-refractivity contribution < 1.29 is 4.79 Å². The Kier molecular flexibility index (Phi) is 3.85. The molecule has 0 radical (unpaired) electrons. The van der Waals surface area contributed by atoms with Gasteiger partial charge >= 0.3 is 0 Å². The van der Waals surface area contributed by atoms with E-state index in [0.29, 0.717) is 6.42 Å². The van der Waals surface area contributed by atoms with Crippen LogP contribution >= 0.6 is 11.6 Å². The predicted octanol–water partition coefficient (Wildman–Crippen LogP) is 3.28. The van der Waals surface area contributed by atoms with Crippen molar-refractivity contribution >= 4 is 17.4 Å². The van der Waals surface area contributed by atoms with E-state index in [1.165, 1.54) is 5.56 Å². The fourth-order valence-electron chi connectivity index (χ4n) is 2.21. The Morgan fingerprint density at radius 2 is 2.00 bits per heavy atom.